The van der Waals surface area contributed by atoms with Gasteiger partial charge in [-0.2, -0.15) is 0 Å². The van der Waals surface area contributed by atoms with E-state index in [-0.39, 0.29) is 11.7 Å². The summed E-state index contributed by atoms with van der Waals surface area (Å²) in [5.41, 5.74) is 2.93. The summed E-state index contributed by atoms with van der Waals surface area (Å²) in [7, 11) is 0. The maximum atomic E-state index is 14.7. The van der Waals surface area contributed by atoms with Crippen LogP contribution in [0.1, 0.15) is 23.2 Å². The SMILES string of the molecule is O=C1Nc2ccc(F)c3c(SN4CCCC4)cc(-c4ccc[nH]4)c1c23. The molecule has 1 fully saturated rings. The zero-order valence-corrected chi connectivity index (χ0v) is 14.3. The number of halogens is 1. The highest BCUT2D eigenvalue weighted by atomic mass is 32.2. The molecule has 0 atom stereocenters. The summed E-state index contributed by atoms with van der Waals surface area (Å²) in [4.78, 5) is 16.6. The van der Waals surface area contributed by atoms with Crippen LogP contribution in [0.25, 0.3) is 22.0 Å². The van der Waals surface area contributed by atoms with Gasteiger partial charge in [0, 0.05) is 51.9 Å². The first-order valence-electron chi connectivity index (χ1n) is 8.39. The summed E-state index contributed by atoms with van der Waals surface area (Å²) in [5, 5.41) is 4.11. The zero-order chi connectivity index (χ0) is 17.0. The normalized spacial score (nSPS) is 16.8. The molecule has 25 heavy (non-hydrogen) atoms. The van der Waals surface area contributed by atoms with Gasteiger partial charge in [0.2, 0.25) is 0 Å². The minimum Gasteiger partial charge on any atom is -0.361 e. The number of aromatic nitrogens is 1. The van der Waals surface area contributed by atoms with Crippen molar-refractivity contribution in [1.82, 2.24) is 9.29 Å². The third-order valence-corrected chi connectivity index (χ3v) is 5.99. The van der Waals surface area contributed by atoms with Crippen LogP contribution < -0.4 is 5.32 Å². The third-order valence-electron chi connectivity index (χ3n) is 4.85. The Hall–Kier alpha value is -2.31. The predicted molar refractivity (Wildman–Crippen MR) is 98.3 cm³/mol. The molecule has 4 nitrogen and oxygen atoms in total. The third kappa shape index (κ3) is 2.28. The van der Waals surface area contributed by atoms with Gasteiger partial charge < -0.3 is 10.3 Å². The van der Waals surface area contributed by atoms with E-state index in [4.69, 9.17) is 0 Å². The van der Waals surface area contributed by atoms with Gasteiger partial charge in [-0.1, -0.05) is 0 Å². The van der Waals surface area contributed by atoms with E-state index in [2.05, 4.69) is 14.6 Å². The molecule has 2 N–H and O–H groups in total. The van der Waals surface area contributed by atoms with Gasteiger partial charge in [-0.25, -0.2) is 8.70 Å². The second kappa shape index (κ2) is 5.61. The molecule has 1 saturated heterocycles. The number of aromatic amines is 1. The summed E-state index contributed by atoms with van der Waals surface area (Å²) < 4.78 is 17.0. The Morgan fingerprint density at radius 1 is 1.12 bits per heavy atom. The summed E-state index contributed by atoms with van der Waals surface area (Å²) >= 11 is 1.59. The van der Waals surface area contributed by atoms with Crippen LogP contribution in [0.2, 0.25) is 0 Å². The van der Waals surface area contributed by atoms with E-state index in [1.807, 2.05) is 24.4 Å². The standard InChI is InChI=1S/C19H16FN3OS/c20-12-5-6-14-18-16(19(24)22-14)11(13-4-3-7-21-13)10-15(17(12)18)25-23-8-1-2-9-23/h3-7,10,21H,1-2,8-9H2,(H,22,24). The second-order valence-corrected chi connectivity index (χ2v) is 7.55. The molecule has 6 heteroatoms. The molecule has 1 amide bonds. The van der Waals surface area contributed by atoms with Crippen molar-refractivity contribution in [1.29, 1.82) is 0 Å². The molecule has 0 bridgehead atoms. The maximum Gasteiger partial charge on any atom is 0.257 e. The summed E-state index contributed by atoms with van der Waals surface area (Å²) in [5.74, 6) is -0.454. The quantitative estimate of drug-likeness (QED) is 0.674. The number of carbonyl (C=O) groups excluding carboxylic acids is 1. The summed E-state index contributed by atoms with van der Waals surface area (Å²) in [6.07, 6.45) is 4.17. The van der Waals surface area contributed by atoms with E-state index in [0.29, 0.717) is 22.0 Å². The molecular weight excluding hydrogens is 337 g/mol. The molecule has 0 spiro atoms. The fraction of sp³-hybridized carbons (Fsp3) is 0.211. The number of H-pyrrole nitrogens is 1. The van der Waals surface area contributed by atoms with E-state index in [9.17, 15) is 9.18 Å². The van der Waals surface area contributed by atoms with Gasteiger partial charge in [0.1, 0.15) is 5.82 Å². The number of rotatable bonds is 3. The van der Waals surface area contributed by atoms with Gasteiger partial charge in [0.15, 0.2) is 0 Å². The van der Waals surface area contributed by atoms with E-state index in [1.165, 1.54) is 18.9 Å². The zero-order valence-electron chi connectivity index (χ0n) is 13.4. The van der Waals surface area contributed by atoms with Crippen molar-refractivity contribution in [2.24, 2.45) is 0 Å². The lowest BCUT2D eigenvalue weighted by molar-refractivity contribution is 0.103. The molecule has 0 saturated carbocycles. The first-order chi connectivity index (χ1) is 12.2. The average molecular weight is 353 g/mol. The highest BCUT2D eigenvalue weighted by Gasteiger charge is 2.30. The summed E-state index contributed by atoms with van der Waals surface area (Å²) in [6.45, 7) is 2.01. The Labute approximate surface area is 148 Å². The number of benzene rings is 2. The van der Waals surface area contributed by atoms with Crippen LogP contribution in [0.4, 0.5) is 10.1 Å². The van der Waals surface area contributed by atoms with Crippen molar-refractivity contribution in [2.75, 3.05) is 18.4 Å². The van der Waals surface area contributed by atoms with Gasteiger partial charge in [0.05, 0.1) is 5.56 Å². The van der Waals surface area contributed by atoms with Crippen LogP contribution in [0.5, 0.6) is 0 Å². The van der Waals surface area contributed by atoms with Crippen LogP contribution in [-0.2, 0) is 0 Å². The van der Waals surface area contributed by atoms with Crippen LogP contribution in [0.3, 0.4) is 0 Å². The molecule has 126 valence electrons. The number of amides is 1. The molecule has 0 unspecified atom stereocenters. The molecule has 2 aliphatic heterocycles. The molecule has 2 aliphatic rings. The van der Waals surface area contributed by atoms with Crippen LogP contribution in [-0.4, -0.2) is 28.3 Å². The van der Waals surface area contributed by atoms with Crippen LogP contribution in [0.15, 0.2) is 41.4 Å². The molecule has 3 aromatic rings. The maximum absolute atomic E-state index is 14.7. The number of hydrogen-bond donors (Lipinski definition) is 2. The first-order valence-corrected chi connectivity index (χ1v) is 9.17. The van der Waals surface area contributed by atoms with Gasteiger partial charge in [-0.05, 0) is 55.1 Å². The lowest BCUT2D eigenvalue weighted by atomic mass is 9.97. The van der Waals surface area contributed by atoms with Crippen molar-refractivity contribution < 1.29 is 9.18 Å². The smallest absolute Gasteiger partial charge is 0.257 e. The number of carbonyl (C=O) groups is 1. The summed E-state index contributed by atoms with van der Waals surface area (Å²) in [6, 6.07) is 8.87. The largest absolute Gasteiger partial charge is 0.361 e. The number of anilines is 1. The van der Waals surface area contributed by atoms with Gasteiger partial charge >= 0.3 is 0 Å². The highest BCUT2D eigenvalue weighted by molar-refractivity contribution is 7.97. The lowest BCUT2D eigenvalue weighted by Crippen LogP contribution is -2.09. The Morgan fingerprint density at radius 3 is 2.72 bits per heavy atom. The minimum absolute atomic E-state index is 0.173. The molecule has 2 aromatic carbocycles. The van der Waals surface area contributed by atoms with Gasteiger partial charge in [-0.15, -0.1) is 0 Å². The monoisotopic (exact) mass is 353 g/mol. The second-order valence-electron chi connectivity index (χ2n) is 6.41. The first kappa shape index (κ1) is 15.0. The van der Waals surface area contributed by atoms with Crippen molar-refractivity contribution in [3.8, 4) is 11.3 Å². The Morgan fingerprint density at radius 2 is 1.96 bits per heavy atom. The van der Waals surface area contributed by atoms with Crippen molar-refractivity contribution in [3.63, 3.8) is 0 Å². The van der Waals surface area contributed by atoms with Gasteiger partial charge in [0.25, 0.3) is 5.91 Å². The Bertz CT molecular complexity index is 994. The van der Waals surface area contributed by atoms with Crippen LogP contribution >= 0.6 is 11.9 Å². The van der Waals surface area contributed by atoms with Crippen LogP contribution in [0, 0.1) is 5.82 Å². The minimum atomic E-state index is -0.281. The molecule has 5 rings (SSSR count). The number of hydrogen-bond acceptors (Lipinski definition) is 3. The average Bonchev–Trinajstić information content (AvgIpc) is 3.34. The topological polar surface area (TPSA) is 48.1 Å². The predicted octanol–water partition coefficient (Wildman–Crippen LogP) is 4.64. The number of nitrogens with zero attached hydrogens (tertiary/aromatic N) is 1. The fourth-order valence-corrected chi connectivity index (χ4v) is 4.89. The fourth-order valence-electron chi connectivity index (χ4n) is 3.71. The van der Waals surface area contributed by atoms with Crippen molar-refractivity contribution in [3.05, 3.63) is 47.9 Å². The molecular formula is C19H16FN3OS. The van der Waals surface area contributed by atoms with E-state index in [1.54, 1.807) is 18.0 Å². The Kier molecular flexibility index (Phi) is 3.36. The van der Waals surface area contributed by atoms with E-state index < -0.39 is 0 Å². The Balaban J connectivity index is 1.81. The molecule has 0 aliphatic carbocycles. The van der Waals surface area contributed by atoms with Crippen molar-refractivity contribution >= 4 is 34.3 Å². The molecule has 3 heterocycles. The van der Waals surface area contributed by atoms with E-state index in [0.717, 1.165) is 29.2 Å². The highest BCUT2D eigenvalue weighted by Crippen LogP contribution is 2.45. The molecule has 0 radical (unpaired) electrons. The molecule has 1 aromatic heterocycles. The van der Waals surface area contributed by atoms with Gasteiger partial charge in [-0.3, -0.25) is 4.79 Å². The number of nitrogens with one attached hydrogen (secondary N) is 2. The van der Waals surface area contributed by atoms with E-state index >= 15 is 0 Å². The van der Waals surface area contributed by atoms with Crippen molar-refractivity contribution in [2.45, 2.75) is 17.7 Å². The lowest BCUT2D eigenvalue weighted by Gasteiger charge is -2.17.